The molecule has 2 heterocycles. The Morgan fingerprint density at radius 2 is 2.11 bits per heavy atom. The van der Waals surface area contributed by atoms with E-state index in [1.807, 2.05) is 24.7 Å². The first-order chi connectivity index (χ1) is 8.88. The second kappa shape index (κ2) is 6.91. The highest BCUT2D eigenvalue weighted by Gasteiger charge is 1.99. The standard InChI is InChI=1S/C14H20N4/c1-2-15-9-6-14-11-18(12-17-14)10-7-13-5-3-4-8-16-13/h3-5,8,11-12,15H,2,6-7,9-10H2,1H3. The van der Waals surface area contributed by atoms with Crippen molar-refractivity contribution in [1.29, 1.82) is 0 Å². The number of hydrogen-bond donors (Lipinski definition) is 1. The number of nitrogens with one attached hydrogen (secondary N) is 1. The predicted octanol–water partition coefficient (Wildman–Crippen LogP) is 1.67. The largest absolute Gasteiger partial charge is 0.337 e. The summed E-state index contributed by atoms with van der Waals surface area (Å²) in [5.41, 5.74) is 2.28. The van der Waals surface area contributed by atoms with Crippen LogP contribution in [0.2, 0.25) is 0 Å². The predicted molar refractivity (Wildman–Crippen MR) is 72.4 cm³/mol. The van der Waals surface area contributed by atoms with Crippen molar-refractivity contribution in [2.45, 2.75) is 26.3 Å². The molecule has 0 bridgehead atoms. The molecule has 0 radical (unpaired) electrons. The smallest absolute Gasteiger partial charge is 0.0949 e. The van der Waals surface area contributed by atoms with Crippen molar-refractivity contribution in [2.75, 3.05) is 13.1 Å². The molecule has 96 valence electrons. The van der Waals surface area contributed by atoms with Crippen LogP contribution >= 0.6 is 0 Å². The Bertz CT molecular complexity index is 450. The van der Waals surface area contributed by atoms with Gasteiger partial charge >= 0.3 is 0 Å². The fourth-order valence-electron chi connectivity index (χ4n) is 1.84. The van der Waals surface area contributed by atoms with E-state index in [0.717, 1.165) is 43.9 Å². The van der Waals surface area contributed by atoms with E-state index in [9.17, 15) is 0 Å². The lowest BCUT2D eigenvalue weighted by Crippen LogP contribution is -2.16. The van der Waals surface area contributed by atoms with Gasteiger partial charge in [-0.25, -0.2) is 4.98 Å². The molecule has 0 saturated carbocycles. The van der Waals surface area contributed by atoms with E-state index >= 15 is 0 Å². The third-order valence-electron chi connectivity index (χ3n) is 2.85. The topological polar surface area (TPSA) is 42.7 Å². The fourth-order valence-corrected chi connectivity index (χ4v) is 1.84. The van der Waals surface area contributed by atoms with Gasteiger partial charge in [0.05, 0.1) is 12.0 Å². The molecule has 0 saturated heterocycles. The highest BCUT2D eigenvalue weighted by atomic mass is 15.0. The Hall–Kier alpha value is -1.68. The summed E-state index contributed by atoms with van der Waals surface area (Å²) in [5, 5.41) is 3.30. The number of aromatic nitrogens is 3. The van der Waals surface area contributed by atoms with Crippen LogP contribution in [0, 0.1) is 0 Å². The van der Waals surface area contributed by atoms with E-state index in [0.29, 0.717) is 0 Å². The molecule has 0 atom stereocenters. The minimum Gasteiger partial charge on any atom is -0.337 e. The van der Waals surface area contributed by atoms with Crippen LogP contribution in [0.4, 0.5) is 0 Å². The van der Waals surface area contributed by atoms with E-state index in [-0.39, 0.29) is 0 Å². The Kier molecular flexibility index (Phi) is 4.90. The molecule has 4 heteroatoms. The third kappa shape index (κ3) is 3.96. The maximum absolute atomic E-state index is 4.40. The van der Waals surface area contributed by atoms with Crippen LogP contribution < -0.4 is 5.32 Å². The van der Waals surface area contributed by atoms with Gasteiger partial charge in [-0.1, -0.05) is 13.0 Å². The molecule has 0 unspecified atom stereocenters. The van der Waals surface area contributed by atoms with Gasteiger partial charge in [0.25, 0.3) is 0 Å². The van der Waals surface area contributed by atoms with Gasteiger partial charge in [-0.05, 0) is 18.7 Å². The highest BCUT2D eigenvalue weighted by Crippen LogP contribution is 2.01. The van der Waals surface area contributed by atoms with Crippen molar-refractivity contribution >= 4 is 0 Å². The molecule has 0 aromatic carbocycles. The zero-order valence-electron chi connectivity index (χ0n) is 10.8. The lowest BCUT2D eigenvalue weighted by atomic mass is 10.3. The highest BCUT2D eigenvalue weighted by molar-refractivity contribution is 5.04. The first-order valence-corrected chi connectivity index (χ1v) is 6.49. The van der Waals surface area contributed by atoms with E-state index in [2.05, 4.69) is 39.0 Å². The average molecular weight is 244 g/mol. The lowest BCUT2D eigenvalue weighted by molar-refractivity contribution is 0.681. The van der Waals surface area contributed by atoms with Gasteiger partial charge < -0.3 is 9.88 Å². The first kappa shape index (κ1) is 12.8. The van der Waals surface area contributed by atoms with Gasteiger partial charge in [-0.2, -0.15) is 0 Å². The van der Waals surface area contributed by atoms with Gasteiger partial charge in [-0.3, -0.25) is 4.98 Å². The molecule has 0 aliphatic heterocycles. The maximum Gasteiger partial charge on any atom is 0.0949 e. The molecule has 0 aliphatic rings. The molecule has 18 heavy (non-hydrogen) atoms. The van der Waals surface area contributed by atoms with E-state index < -0.39 is 0 Å². The van der Waals surface area contributed by atoms with Crippen molar-refractivity contribution in [3.8, 4) is 0 Å². The van der Waals surface area contributed by atoms with Crippen molar-refractivity contribution < 1.29 is 0 Å². The summed E-state index contributed by atoms with van der Waals surface area (Å²) in [4.78, 5) is 8.72. The number of aryl methyl sites for hydroxylation is 2. The second-order valence-electron chi connectivity index (χ2n) is 4.28. The zero-order valence-corrected chi connectivity index (χ0v) is 10.8. The monoisotopic (exact) mass is 244 g/mol. The number of pyridine rings is 1. The Labute approximate surface area is 108 Å². The van der Waals surface area contributed by atoms with Crippen LogP contribution in [0.25, 0.3) is 0 Å². The molecular formula is C14H20N4. The number of imidazole rings is 1. The van der Waals surface area contributed by atoms with Crippen molar-refractivity contribution in [1.82, 2.24) is 19.9 Å². The lowest BCUT2D eigenvalue weighted by Gasteiger charge is -2.01. The number of likely N-dealkylation sites (N-methyl/N-ethyl adjacent to an activating group) is 1. The fraction of sp³-hybridized carbons (Fsp3) is 0.429. The number of rotatable bonds is 7. The molecular weight excluding hydrogens is 224 g/mol. The summed E-state index contributed by atoms with van der Waals surface area (Å²) in [7, 11) is 0. The number of hydrogen-bond acceptors (Lipinski definition) is 3. The quantitative estimate of drug-likeness (QED) is 0.753. The maximum atomic E-state index is 4.40. The molecule has 2 rings (SSSR count). The minimum absolute atomic E-state index is 0.936. The van der Waals surface area contributed by atoms with Gasteiger partial charge in [0.15, 0.2) is 0 Å². The van der Waals surface area contributed by atoms with Crippen LogP contribution in [-0.4, -0.2) is 27.6 Å². The van der Waals surface area contributed by atoms with Crippen molar-refractivity contribution in [2.24, 2.45) is 0 Å². The summed E-state index contributed by atoms with van der Waals surface area (Å²) in [6, 6.07) is 6.03. The van der Waals surface area contributed by atoms with Crippen LogP contribution in [-0.2, 0) is 19.4 Å². The van der Waals surface area contributed by atoms with E-state index in [1.54, 1.807) is 0 Å². The zero-order chi connectivity index (χ0) is 12.6. The summed E-state index contributed by atoms with van der Waals surface area (Å²) in [5.74, 6) is 0. The average Bonchev–Trinajstić information content (AvgIpc) is 2.86. The van der Waals surface area contributed by atoms with Crippen LogP contribution in [0.5, 0.6) is 0 Å². The molecule has 1 N–H and O–H groups in total. The van der Waals surface area contributed by atoms with E-state index in [4.69, 9.17) is 0 Å². The second-order valence-corrected chi connectivity index (χ2v) is 4.28. The Morgan fingerprint density at radius 1 is 1.17 bits per heavy atom. The van der Waals surface area contributed by atoms with Crippen molar-refractivity contribution in [3.63, 3.8) is 0 Å². The summed E-state index contributed by atoms with van der Waals surface area (Å²) < 4.78 is 2.13. The SMILES string of the molecule is CCNCCc1cn(CCc2ccccn2)cn1. The summed E-state index contributed by atoms with van der Waals surface area (Å²) in [6.07, 6.45) is 7.81. The first-order valence-electron chi connectivity index (χ1n) is 6.49. The molecule has 0 fully saturated rings. The molecule has 0 amide bonds. The summed E-state index contributed by atoms with van der Waals surface area (Å²) >= 11 is 0. The van der Waals surface area contributed by atoms with Gasteiger partial charge in [-0.15, -0.1) is 0 Å². The van der Waals surface area contributed by atoms with Crippen molar-refractivity contribution in [3.05, 3.63) is 48.3 Å². The molecule has 2 aromatic rings. The normalized spacial score (nSPS) is 10.7. The molecule has 4 nitrogen and oxygen atoms in total. The van der Waals surface area contributed by atoms with Crippen LogP contribution in [0.1, 0.15) is 18.3 Å². The molecule has 2 aromatic heterocycles. The Balaban J connectivity index is 1.80. The van der Waals surface area contributed by atoms with Crippen LogP contribution in [0.15, 0.2) is 36.9 Å². The van der Waals surface area contributed by atoms with E-state index in [1.165, 1.54) is 0 Å². The third-order valence-corrected chi connectivity index (χ3v) is 2.85. The van der Waals surface area contributed by atoms with Crippen LogP contribution in [0.3, 0.4) is 0 Å². The molecule has 0 aliphatic carbocycles. The van der Waals surface area contributed by atoms with Gasteiger partial charge in [0.2, 0.25) is 0 Å². The molecule has 0 spiro atoms. The minimum atomic E-state index is 0.936. The van der Waals surface area contributed by atoms with Gasteiger partial charge in [0, 0.05) is 44.0 Å². The summed E-state index contributed by atoms with van der Waals surface area (Å²) in [6.45, 7) is 5.06. The number of nitrogens with zero attached hydrogens (tertiary/aromatic N) is 3. The Morgan fingerprint density at radius 3 is 2.89 bits per heavy atom. The van der Waals surface area contributed by atoms with Gasteiger partial charge in [0.1, 0.15) is 0 Å².